The van der Waals surface area contributed by atoms with Crippen LogP contribution in [-0.2, 0) is 16.1 Å². The third kappa shape index (κ3) is 5.10. The maximum atomic E-state index is 12.9. The number of methoxy groups -OCH3 is 1. The number of likely N-dealkylation sites (tertiary alicyclic amines) is 1. The number of carbonyl (C=O) groups excluding carboxylic acids is 1. The van der Waals surface area contributed by atoms with Gasteiger partial charge in [-0.25, -0.2) is 4.39 Å². The largest absolute Gasteiger partial charge is 0.383 e. The van der Waals surface area contributed by atoms with E-state index in [0.29, 0.717) is 13.2 Å². The standard InChI is InChI=1S/C16H23FN2O2/c1-21-11-8-18-16(20)14-6-9-19(10-7-14)12-13-2-4-15(17)5-3-13/h2-5,14H,6-12H2,1H3,(H,18,20). The first-order chi connectivity index (χ1) is 10.2. The van der Waals surface area contributed by atoms with Crippen LogP contribution >= 0.6 is 0 Å². The van der Waals surface area contributed by atoms with E-state index in [4.69, 9.17) is 4.74 Å². The molecule has 0 unspecified atom stereocenters. The summed E-state index contributed by atoms with van der Waals surface area (Å²) in [5, 5.41) is 2.90. The third-order valence-electron chi connectivity index (χ3n) is 3.88. The molecule has 1 heterocycles. The maximum absolute atomic E-state index is 12.9. The zero-order valence-electron chi connectivity index (χ0n) is 12.5. The van der Waals surface area contributed by atoms with E-state index in [2.05, 4.69) is 10.2 Å². The van der Waals surface area contributed by atoms with Crippen molar-refractivity contribution in [2.24, 2.45) is 5.92 Å². The Morgan fingerprint density at radius 1 is 1.33 bits per heavy atom. The molecule has 0 spiro atoms. The average molecular weight is 294 g/mol. The molecule has 0 aromatic heterocycles. The average Bonchev–Trinajstić information content (AvgIpc) is 2.50. The second-order valence-electron chi connectivity index (χ2n) is 5.46. The molecule has 1 aromatic carbocycles. The summed E-state index contributed by atoms with van der Waals surface area (Å²) >= 11 is 0. The summed E-state index contributed by atoms with van der Waals surface area (Å²) in [7, 11) is 1.63. The Labute approximate surface area is 125 Å². The molecule has 116 valence electrons. The van der Waals surface area contributed by atoms with Crippen LogP contribution in [0.15, 0.2) is 24.3 Å². The number of nitrogens with zero attached hydrogens (tertiary/aromatic N) is 1. The molecule has 1 amide bonds. The van der Waals surface area contributed by atoms with Crippen molar-refractivity contribution in [3.8, 4) is 0 Å². The molecular formula is C16H23FN2O2. The summed E-state index contributed by atoms with van der Waals surface area (Å²) in [5.41, 5.74) is 1.11. The van der Waals surface area contributed by atoms with Crippen molar-refractivity contribution in [1.29, 1.82) is 0 Å². The van der Waals surface area contributed by atoms with Gasteiger partial charge in [-0.2, -0.15) is 0 Å². The molecule has 1 aliphatic heterocycles. The molecule has 4 nitrogen and oxygen atoms in total. The lowest BCUT2D eigenvalue weighted by molar-refractivity contribution is -0.126. The van der Waals surface area contributed by atoms with Gasteiger partial charge in [0.15, 0.2) is 0 Å². The minimum atomic E-state index is -0.204. The molecule has 0 atom stereocenters. The summed E-state index contributed by atoms with van der Waals surface area (Å²) in [5.74, 6) is 0.0324. The number of hydrogen-bond acceptors (Lipinski definition) is 3. The van der Waals surface area contributed by atoms with Gasteiger partial charge in [0.1, 0.15) is 5.82 Å². The topological polar surface area (TPSA) is 41.6 Å². The summed E-state index contributed by atoms with van der Waals surface area (Å²) in [6.45, 7) is 3.75. The first kappa shape index (κ1) is 15.9. The molecule has 1 aromatic rings. The molecule has 21 heavy (non-hydrogen) atoms. The van der Waals surface area contributed by atoms with Crippen LogP contribution in [-0.4, -0.2) is 44.2 Å². The minimum absolute atomic E-state index is 0.103. The van der Waals surface area contributed by atoms with E-state index in [1.807, 2.05) is 12.1 Å². The van der Waals surface area contributed by atoms with Gasteiger partial charge in [0.05, 0.1) is 6.61 Å². The van der Waals surface area contributed by atoms with Crippen LogP contribution in [0.1, 0.15) is 18.4 Å². The number of piperidine rings is 1. The van der Waals surface area contributed by atoms with Gasteiger partial charge in [0, 0.05) is 26.1 Å². The van der Waals surface area contributed by atoms with Crippen LogP contribution < -0.4 is 5.32 Å². The van der Waals surface area contributed by atoms with Crippen LogP contribution in [0.25, 0.3) is 0 Å². The Morgan fingerprint density at radius 3 is 2.62 bits per heavy atom. The fourth-order valence-corrected chi connectivity index (χ4v) is 2.62. The highest BCUT2D eigenvalue weighted by Gasteiger charge is 2.24. The van der Waals surface area contributed by atoms with Crippen molar-refractivity contribution in [2.45, 2.75) is 19.4 Å². The predicted octanol–water partition coefficient (Wildman–Crippen LogP) is 1.80. The van der Waals surface area contributed by atoms with Crippen molar-refractivity contribution >= 4 is 5.91 Å². The van der Waals surface area contributed by atoms with Gasteiger partial charge < -0.3 is 10.1 Å². The van der Waals surface area contributed by atoms with Crippen LogP contribution in [0, 0.1) is 11.7 Å². The van der Waals surface area contributed by atoms with E-state index >= 15 is 0 Å². The highest BCUT2D eigenvalue weighted by Crippen LogP contribution is 2.19. The molecule has 0 aliphatic carbocycles. The van der Waals surface area contributed by atoms with E-state index in [1.54, 1.807) is 7.11 Å². The van der Waals surface area contributed by atoms with Crippen molar-refractivity contribution in [3.63, 3.8) is 0 Å². The van der Waals surface area contributed by atoms with Crippen molar-refractivity contribution < 1.29 is 13.9 Å². The molecule has 1 N–H and O–H groups in total. The number of ether oxygens (including phenoxy) is 1. The molecule has 0 radical (unpaired) electrons. The number of carbonyl (C=O) groups is 1. The highest BCUT2D eigenvalue weighted by atomic mass is 19.1. The molecular weight excluding hydrogens is 271 g/mol. The molecule has 1 saturated heterocycles. The summed E-state index contributed by atoms with van der Waals surface area (Å²) in [6, 6.07) is 6.62. The number of benzene rings is 1. The maximum Gasteiger partial charge on any atom is 0.223 e. The zero-order chi connectivity index (χ0) is 15.1. The van der Waals surface area contributed by atoms with Gasteiger partial charge in [0.25, 0.3) is 0 Å². The lowest BCUT2D eigenvalue weighted by Gasteiger charge is -2.31. The van der Waals surface area contributed by atoms with Gasteiger partial charge in [-0.15, -0.1) is 0 Å². The van der Waals surface area contributed by atoms with Crippen LogP contribution in [0.5, 0.6) is 0 Å². The van der Waals surface area contributed by atoms with Gasteiger partial charge >= 0.3 is 0 Å². The van der Waals surface area contributed by atoms with Gasteiger partial charge in [-0.1, -0.05) is 12.1 Å². The van der Waals surface area contributed by atoms with Crippen molar-refractivity contribution in [2.75, 3.05) is 33.4 Å². The van der Waals surface area contributed by atoms with Crippen LogP contribution in [0.2, 0.25) is 0 Å². The van der Waals surface area contributed by atoms with Gasteiger partial charge in [0.2, 0.25) is 5.91 Å². The molecule has 0 bridgehead atoms. The molecule has 1 aliphatic rings. The Kier molecular flexibility index (Phi) is 6.14. The fourth-order valence-electron chi connectivity index (χ4n) is 2.62. The lowest BCUT2D eigenvalue weighted by Crippen LogP contribution is -2.41. The van der Waals surface area contributed by atoms with Crippen LogP contribution in [0.3, 0.4) is 0 Å². The molecule has 5 heteroatoms. The Bertz CT molecular complexity index is 442. The molecule has 0 saturated carbocycles. The second kappa shape index (κ2) is 8.10. The van der Waals surface area contributed by atoms with Gasteiger partial charge in [-0.05, 0) is 43.6 Å². The first-order valence-electron chi connectivity index (χ1n) is 7.42. The predicted molar refractivity (Wildman–Crippen MR) is 79.3 cm³/mol. The number of hydrogen-bond donors (Lipinski definition) is 1. The number of halogens is 1. The zero-order valence-corrected chi connectivity index (χ0v) is 12.5. The number of nitrogens with one attached hydrogen (secondary N) is 1. The second-order valence-corrected chi connectivity index (χ2v) is 5.46. The van der Waals surface area contributed by atoms with E-state index in [1.165, 1.54) is 12.1 Å². The Morgan fingerprint density at radius 2 is 2.00 bits per heavy atom. The van der Waals surface area contributed by atoms with E-state index < -0.39 is 0 Å². The smallest absolute Gasteiger partial charge is 0.223 e. The first-order valence-corrected chi connectivity index (χ1v) is 7.42. The highest BCUT2D eigenvalue weighted by molar-refractivity contribution is 5.78. The summed E-state index contributed by atoms with van der Waals surface area (Å²) in [4.78, 5) is 14.3. The monoisotopic (exact) mass is 294 g/mol. The Hall–Kier alpha value is -1.46. The minimum Gasteiger partial charge on any atom is -0.383 e. The van der Waals surface area contributed by atoms with Crippen molar-refractivity contribution in [3.05, 3.63) is 35.6 Å². The lowest BCUT2D eigenvalue weighted by atomic mass is 9.95. The van der Waals surface area contributed by atoms with Crippen LogP contribution in [0.4, 0.5) is 4.39 Å². The fraction of sp³-hybridized carbons (Fsp3) is 0.562. The molecule has 2 rings (SSSR count). The van der Waals surface area contributed by atoms with E-state index in [9.17, 15) is 9.18 Å². The summed E-state index contributed by atoms with van der Waals surface area (Å²) in [6.07, 6.45) is 1.75. The SMILES string of the molecule is COCCNC(=O)C1CCN(Cc2ccc(F)cc2)CC1. The normalized spacial score (nSPS) is 16.9. The third-order valence-corrected chi connectivity index (χ3v) is 3.88. The van der Waals surface area contributed by atoms with E-state index in [-0.39, 0.29) is 17.6 Å². The molecule has 1 fully saturated rings. The van der Waals surface area contributed by atoms with E-state index in [0.717, 1.165) is 38.0 Å². The quantitative estimate of drug-likeness (QED) is 0.814. The van der Waals surface area contributed by atoms with Crippen molar-refractivity contribution in [1.82, 2.24) is 10.2 Å². The number of rotatable bonds is 6. The van der Waals surface area contributed by atoms with Gasteiger partial charge in [-0.3, -0.25) is 9.69 Å². The Balaban J connectivity index is 1.72. The number of amides is 1. The summed E-state index contributed by atoms with van der Waals surface area (Å²) < 4.78 is 17.8.